The topological polar surface area (TPSA) is 64.8 Å². The van der Waals surface area contributed by atoms with Gasteiger partial charge in [0.15, 0.2) is 11.5 Å². The molecule has 0 atom stereocenters. The highest BCUT2D eigenvalue weighted by Gasteiger charge is 2.15. The maximum atomic E-state index is 12.2. The maximum absolute atomic E-state index is 12.2. The minimum Gasteiger partial charge on any atom is -0.454 e. The van der Waals surface area contributed by atoms with Gasteiger partial charge in [0.1, 0.15) is 0 Å². The van der Waals surface area contributed by atoms with Crippen molar-refractivity contribution in [2.24, 2.45) is 5.10 Å². The van der Waals surface area contributed by atoms with Crippen LogP contribution in [0.1, 0.15) is 22.5 Å². The van der Waals surface area contributed by atoms with Crippen LogP contribution in [0.15, 0.2) is 47.6 Å². The van der Waals surface area contributed by atoms with E-state index in [0.29, 0.717) is 21.5 Å². The number of nitrogens with zero attached hydrogens (tertiary/aromatic N) is 2. The monoisotopic (exact) mass is 443 g/mol. The summed E-state index contributed by atoms with van der Waals surface area (Å²) in [4.78, 5) is 12.2. The molecule has 0 aliphatic carbocycles. The first-order valence-electron chi connectivity index (χ1n) is 9.28. The molecule has 30 heavy (non-hydrogen) atoms. The molecule has 1 aliphatic rings. The van der Waals surface area contributed by atoms with E-state index in [4.69, 9.17) is 32.7 Å². The molecule has 2 heterocycles. The molecule has 1 aromatic heterocycles. The first-order valence-corrected chi connectivity index (χ1v) is 10.0. The number of amides is 1. The molecule has 8 heteroatoms. The number of benzene rings is 2. The zero-order valence-electron chi connectivity index (χ0n) is 16.4. The average Bonchev–Trinajstić information content (AvgIpc) is 3.28. The maximum Gasteiger partial charge on any atom is 0.244 e. The number of fused-ring (bicyclic) bond motifs is 1. The van der Waals surface area contributed by atoms with E-state index in [0.717, 1.165) is 28.2 Å². The number of carbonyl (C=O) groups excluding carboxylic acids is 1. The van der Waals surface area contributed by atoms with E-state index in [2.05, 4.69) is 10.5 Å². The zero-order valence-corrected chi connectivity index (χ0v) is 17.9. The summed E-state index contributed by atoms with van der Waals surface area (Å²) in [5.74, 6) is 1.11. The summed E-state index contributed by atoms with van der Waals surface area (Å²) in [7, 11) is 0. The molecule has 1 aliphatic heterocycles. The third-order valence-electron chi connectivity index (χ3n) is 4.84. The number of ether oxygens (including phenoxy) is 2. The summed E-state index contributed by atoms with van der Waals surface area (Å²) in [6.45, 7) is 4.13. The summed E-state index contributed by atoms with van der Waals surface area (Å²) in [6, 6.07) is 12.9. The standard InChI is InChI=1S/C22H19Cl2N3O3/c1-13-8-16(14(2)27(13)18-5-3-4-17(23)22(18)24)11-25-26-21(28)10-15-6-7-19-20(9-15)30-12-29-19/h3-9,11H,10,12H2,1-2H3,(H,26,28)/b25-11-. The normalized spacial score (nSPS) is 12.5. The summed E-state index contributed by atoms with van der Waals surface area (Å²) < 4.78 is 12.6. The molecule has 0 bridgehead atoms. The molecule has 3 aromatic rings. The van der Waals surface area contributed by atoms with Crippen molar-refractivity contribution in [2.75, 3.05) is 6.79 Å². The Morgan fingerprint density at radius 2 is 1.97 bits per heavy atom. The lowest BCUT2D eigenvalue weighted by Crippen LogP contribution is -2.19. The van der Waals surface area contributed by atoms with Gasteiger partial charge in [-0.15, -0.1) is 0 Å². The fourth-order valence-corrected chi connectivity index (χ4v) is 3.78. The summed E-state index contributed by atoms with van der Waals surface area (Å²) in [5, 5.41) is 5.09. The van der Waals surface area contributed by atoms with Crippen molar-refractivity contribution in [2.45, 2.75) is 20.3 Å². The van der Waals surface area contributed by atoms with Gasteiger partial charge in [-0.1, -0.05) is 35.3 Å². The van der Waals surface area contributed by atoms with Crippen LogP contribution in [-0.2, 0) is 11.2 Å². The summed E-state index contributed by atoms with van der Waals surface area (Å²) in [6.07, 6.45) is 1.81. The Labute approximate surface area is 184 Å². The van der Waals surface area contributed by atoms with E-state index >= 15 is 0 Å². The van der Waals surface area contributed by atoms with Crippen molar-refractivity contribution in [3.8, 4) is 17.2 Å². The highest BCUT2D eigenvalue weighted by Crippen LogP contribution is 2.33. The number of hydrogen-bond acceptors (Lipinski definition) is 4. The molecule has 4 rings (SSSR count). The highest BCUT2D eigenvalue weighted by atomic mass is 35.5. The first kappa shape index (κ1) is 20.3. The Morgan fingerprint density at radius 1 is 1.17 bits per heavy atom. The van der Waals surface area contributed by atoms with Crippen LogP contribution in [0.25, 0.3) is 5.69 Å². The zero-order chi connectivity index (χ0) is 21.3. The van der Waals surface area contributed by atoms with Crippen LogP contribution in [-0.4, -0.2) is 23.5 Å². The van der Waals surface area contributed by atoms with E-state index in [-0.39, 0.29) is 19.1 Å². The Morgan fingerprint density at radius 3 is 2.80 bits per heavy atom. The predicted molar refractivity (Wildman–Crippen MR) is 117 cm³/mol. The van der Waals surface area contributed by atoms with E-state index < -0.39 is 0 Å². The average molecular weight is 444 g/mol. The van der Waals surface area contributed by atoms with Gasteiger partial charge >= 0.3 is 0 Å². The van der Waals surface area contributed by atoms with Gasteiger partial charge in [0.2, 0.25) is 12.7 Å². The van der Waals surface area contributed by atoms with Crippen LogP contribution in [0, 0.1) is 13.8 Å². The predicted octanol–water partition coefficient (Wildman–Crippen LogP) is 4.82. The third-order valence-corrected chi connectivity index (χ3v) is 5.65. The molecule has 6 nitrogen and oxygen atoms in total. The molecule has 154 valence electrons. The van der Waals surface area contributed by atoms with Gasteiger partial charge in [-0.25, -0.2) is 5.43 Å². The van der Waals surface area contributed by atoms with Crippen molar-refractivity contribution < 1.29 is 14.3 Å². The second-order valence-electron chi connectivity index (χ2n) is 6.89. The fraction of sp³-hybridized carbons (Fsp3) is 0.182. The molecule has 0 radical (unpaired) electrons. The minimum absolute atomic E-state index is 0.186. The van der Waals surface area contributed by atoms with Crippen molar-refractivity contribution in [3.63, 3.8) is 0 Å². The number of aromatic nitrogens is 1. The Balaban J connectivity index is 1.45. The van der Waals surface area contributed by atoms with E-state index in [9.17, 15) is 4.79 Å². The van der Waals surface area contributed by atoms with E-state index in [1.54, 1.807) is 24.4 Å². The molecule has 0 spiro atoms. The quantitative estimate of drug-likeness (QED) is 0.453. The Bertz CT molecular complexity index is 1150. The SMILES string of the molecule is Cc1cc(/C=N\NC(=O)Cc2ccc3c(c2)OCO3)c(C)n1-c1cccc(Cl)c1Cl. The Kier molecular flexibility index (Phi) is 5.70. The van der Waals surface area contributed by atoms with Gasteiger partial charge in [0.05, 0.1) is 28.4 Å². The van der Waals surface area contributed by atoms with Crippen LogP contribution in [0.5, 0.6) is 11.5 Å². The van der Waals surface area contributed by atoms with Crippen molar-refractivity contribution in [1.29, 1.82) is 0 Å². The van der Waals surface area contributed by atoms with Crippen LogP contribution in [0.3, 0.4) is 0 Å². The molecule has 0 unspecified atom stereocenters. The molecular formula is C22H19Cl2N3O3. The lowest BCUT2D eigenvalue weighted by atomic mass is 10.1. The molecule has 2 aromatic carbocycles. The number of rotatable bonds is 5. The van der Waals surface area contributed by atoms with Crippen molar-refractivity contribution >= 4 is 35.3 Å². The Hall–Kier alpha value is -2.96. The van der Waals surface area contributed by atoms with Crippen LogP contribution >= 0.6 is 23.2 Å². The van der Waals surface area contributed by atoms with Crippen LogP contribution in [0.4, 0.5) is 0 Å². The lowest BCUT2D eigenvalue weighted by Gasteiger charge is -2.12. The minimum atomic E-state index is -0.225. The highest BCUT2D eigenvalue weighted by molar-refractivity contribution is 6.43. The van der Waals surface area contributed by atoms with E-state index in [1.807, 2.05) is 42.7 Å². The number of halogens is 2. The molecule has 0 saturated carbocycles. The molecule has 0 fully saturated rings. The van der Waals surface area contributed by atoms with Crippen LogP contribution < -0.4 is 14.9 Å². The van der Waals surface area contributed by atoms with Crippen molar-refractivity contribution in [3.05, 3.63) is 75.0 Å². The molecular weight excluding hydrogens is 425 g/mol. The van der Waals surface area contributed by atoms with Gasteiger partial charge in [-0.05, 0) is 49.7 Å². The summed E-state index contributed by atoms with van der Waals surface area (Å²) >= 11 is 12.5. The van der Waals surface area contributed by atoms with Crippen molar-refractivity contribution in [1.82, 2.24) is 9.99 Å². The largest absolute Gasteiger partial charge is 0.454 e. The van der Waals surface area contributed by atoms with E-state index in [1.165, 1.54) is 0 Å². The second-order valence-corrected chi connectivity index (χ2v) is 7.68. The smallest absolute Gasteiger partial charge is 0.244 e. The summed E-state index contributed by atoms with van der Waals surface area (Å²) in [5.41, 5.74) is 6.96. The van der Waals surface area contributed by atoms with Gasteiger partial charge < -0.3 is 14.0 Å². The number of nitrogens with one attached hydrogen (secondary N) is 1. The third kappa shape index (κ3) is 4.01. The van der Waals surface area contributed by atoms with Gasteiger partial charge in [-0.3, -0.25) is 4.79 Å². The molecule has 1 N–H and O–H groups in total. The number of hydrogen-bond donors (Lipinski definition) is 1. The van der Waals surface area contributed by atoms with Gasteiger partial charge in [0.25, 0.3) is 0 Å². The van der Waals surface area contributed by atoms with Gasteiger partial charge in [-0.2, -0.15) is 5.10 Å². The number of aryl methyl sites for hydroxylation is 1. The number of carbonyl (C=O) groups is 1. The van der Waals surface area contributed by atoms with Crippen LogP contribution in [0.2, 0.25) is 10.0 Å². The van der Waals surface area contributed by atoms with Gasteiger partial charge in [0, 0.05) is 17.0 Å². The lowest BCUT2D eigenvalue weighted by molar-refractivity contribution is -0.120. The number of hydrazone groups is 1. The fourth-order valence-electron chi connectivity index (χ4n) is 3.40. The first-order chi connectivity index (χ1) is 14.4. The molecule has 1 amide bonds. The molecule has 0 saturated heterocycles. The second kappa shape index (κ2) is 8.42.